The SMILES string of the molecule is C=C/C=C(\C=C)c1cccc(-c2ccccc2)c1.CC.CC. The van der Waals surface area contributed by atoms with E-state index in [2.05, 4.69) is 61.7 Å². The largest absolute Gasteiger partial charge is 0.0990 e. The van der Waals surface area contributed by atoms with E-state index in [-0.39, 0.29) is 0 Å². The molecule has 0 nitrogen and oxygen atoms in total. The van der Waals surface area contributed by atoms with Gasteiger partial charge in [-0.25, -0.2) is 0 Å². The van der Waals surface area contributed by atoms with E-state index >= 15 is 0 Å². The number of allylic oxidation sites excluding steroid dienone is 4. The lowest BCUT2D eigenvalue weighted by Gasteiger charge is -2.06. The third-order valence-electron chi connectivity index (χ3n) is 2.82. The molecule has 2 rings (SSSR count). The molecule has 0 aliphatic heterocycles. The minimum atomic E-state index is 1.09. The van der Waals surface area contributed by atoms with Crippen molar-refractivity contribution in [3.63, 3.8) is 0 Å². The molecular formula is C22H28. The molecule has 0 saturated carbocycles. The summed E-state index contributed by atoms with van der Waals surface area (Å²) in [6, 6.07) is 18.8. The van der Waals surface area contributed by atoms with Crippen molar-refractivity contribution in [2.24, 2.45) is 0 Å². The molecule has 0 heterocycles. The Labute approximate surface area is 136 Å². The maximum Gasteiger partial charge on any atom is -0.0178 e. The van der Waals surface area contributed by atoms with Gasteiger partial charge >= 0.3 is 0 Å². The average molecular weight is 292 g/mol. The Hall–Kier alpha value is -2.34. The number of benzene rings is 2. The van der Waals surface area contributed by atoms with Crippen molar-refractivity contribution >= 4 is 5.57 Å². The van der Waals surface area contributed by atoms with E-state index in [0.29, 0.717) is 0 Å². The summed E-state index contributed by atoms with van der Waals surface area (Å²) in [4.78, 5) is 0. The third-order valence-corrected chi connectivity index (χ3v) is 2.82. The van der Waals surface area contributed by atoms with Crippen LogP contribution in [0.5, 0.6) is 0 Å². The molecule has 0 atom stereocenters. The fraction of sp³-hybridized carbons (Fsp3) is 0.182. The smallest absolute Gasteiger partial charge is 0.0178 e. The summed E-state index contributed by atoms with van der Waals surface area (Å²) in [5.41, 5.74) is 4.68. The highest BCUT2D eigenvalue weighted by molar-refractivity contribution is 5.78. The van der Waals surface area contributed by atoms with Gasteiger partial charge in [0.15, 0.2) is 0 Å². The molecule has 22 heavy (non-hydrogen) atoms. The minimum Gasteiger partial charge on any atom is -0.0990 e. The van der Waals surface area contributed by atoms with Crippen molar-refractivity contribution in [1.82, 2.24) is 0 Å². The zero-order chi connectivity index (χ0) is 16.8. The van der Waals surface area contributed by atoms with Gasteiger partial charge in [0.2, 0.25) is 0 Å². The fourth-order valence-electron chi connectivity index (χ4n) is 1.92. The van der Waals surface area contributed by atoms with Gasteiger partial charge in [-0.1, -0.05) is 108 Å². The van der Waals surface area contributed by atoms with Crippen LogP contribution in [-0.2, 0) is 0 Å². The van der Waals surface area contributed by atoms with Gasteiger partial charge in [-0.3, -0.25) is 0 Å². The molecule has 0 aromatic heterocycles. The Morgan fingerprint density at radius 3 is 1.91 bits per heavy atom. The van der Waals surface area contributed by atoms with Crippen LogP contribution < -0.4 is 0 Å². The Kier molecular flexibility index (Phi) is 11.1. The van der Waals surface area contributed by atoms with E-state index in [9.17, 15) is 0 Å². The first kappa shape index (κ1) is 19.7. The molecule has 0 heteroatoms. The van der Waals surface area contributed by atoms with E-state index in [1.807, 2.05) is 45.9 Å². The van der Waals surface area contributed by atoms with Crippen LogP contribution in [0.2, 0.25) is 0 Å². The lowest BCUT2D eigenvalue weighted by Crippen LogP contribution is -1.83. The third kappa shape index (κ3) is 5.97. The zero-order valence-corrected chi connectivity index (χ0v) is 14.3. The maximum absolute atomic E-state index is 3.84. The molecule has 0 bridgehead atoms. The van der Waals surface area contributed by atoms with Crippen LogP contribution in [0.3, 0.4) is 0 Å². The Balaban J connectivity index is 0.00000102. The minimum absolute atomic E-state index is 1.09. The average Bonchev–Trinajstić information content (AvgIpc) is 2.64. The highest BCUT2D eigenvalue weighted by Crippen LogP contribution is 2.24. The number of hydrogen-bond acceptors (Lipinski definition) is 0. The van der Waals surface area contributed by atoms with Crippen molar-refractivity contribution in [2.45, 2.75) is 27.7 Å². The first-order valence-corrected chi connectivity index (χ1v) is 7.96. The van der Waals surface area contributed by atoms with Gasteiger partial charge in [0.1, 0.15) is 0 Å². The standard InChI is InChI=1S/C18H16.2C2H6/c1-3-9-15(4-2)17-12-8-13-18(14-17)16-10-6-5-7-11-16;2*1-2/h3-14H,1-2H2;2*1-2H3/b15-9+;;. The molecule has 0 aliphatic rings. The van der Waals surface area contributed by atoms with Gasteiger partial charge in [-0.15, -0.1) is 0 Å². The van der Waals surface area contributed by atoms with Crippen LogP contribution in [0.25, 0.3) is 16.7 Å². The van der Waals surface area contributed by atoms with Crippen molar-refractivity contribution in [2.75, 3.05) is 0 Å². The number of rotatable bonds is 4. The lowest BCUT2D eigenvalue weighted by molar-refractivity contribution is 1.50. The van der Waals surface area contributed by atoms with E-state index in [0.717, 1.165) is 11.1 Å². The van der Waals surface area contributed by atoms with Crippen molar-refractivity contribution < 1.29 is 0 Å². The van der Waals surface area contributed by atoms with Gasteiger partial charge in [0.05, 0.1) is 0 Å². The summed E-state index contributed by atoms with van der Waals surface area (Å²) in [6.07, 6.45) is 5.61. The van der Waals surface area contributed by atoms with Crippen molar-refractivity contribution in [3.8, 4) is 11.1 Å². The molecule has 0 saturated heterocycles. The molecule has 0 spiro atoms. The molecular weight excluding hydrogens is 264 g/mol. The highest BCUT2D eigenvalue weighted by Gasteiger charge is 2.00. The Morgan fingerprint density at radius 2 is 1.36 bits per heavy atom. The van der Waals surface area contributed by atoms with Crippen LogP contribution in [0.4, 0.5) is 0 Å². The normalized spacial score (nSPS) is 9.55. The summed E-state index contributed by atoms with van der Waals surface area (Å²) < 4.78 is 0. The van der Waals surface area contributed by atoms with E-state index < -0.39 is 0 Å². The quantitative estimate of drug-likeness (QED) is 0.524. The molecule has 116 valence electrons. The first-order valence-electron chi connectivity index (χ1n) is 7.96. The molecule has 0 radical (unpaired) electrons. The van der Waals surface area contributed by atoms with Gasteiger partial charge in [0, 0.05) is 0 Å². The molecule has 0 unspecified atom stereocenters. The topological polar surface area (TPSA) is 0 Å². The second-order valence-electron chi connectivity index (χ2n) is 4.01. The monoisotopic (exact) mass is 292 g/mol. The Bertz CT molecular complexity index is 574. The predicted octanol–water partition coefficient (Wildman–Crippen LogP) is 7.16. The molecule has 0 N–H and O–H groups in total. The van der Waals surface area contributed by atoms with Gasteiger partial charge < -0.3 is 0 Å². The molecule has 2 aromatic carbocycles. The van der Waals surface area contributed by atoms with Crippen molar-refractivity contribution in [1.29, 1.82) is 0 Å². The molecule has 2 aromatic rings. The second kappa shape index (κ2) is 12.4. The van der Waals surface area contributed by atoms with Crippen molar-refractivity contribution in [3.05, 3.63) is 91.5 Å². The van der Waals surface area contributed by atoms with Gasteiger partial charge in [0.25, 0.3) is 0 Å². The summed E-state index contributed by atoms with van der Waals surface area (Å²) in [6.45, 7) is 15.6. The molecule has 0 fully saturated rings. The summed E-state index contributed by atoms with van der Waals surface area (Å²) in [7, 11) is 0. The first-order chi connectivity index (χ1) is 10.8. The van der Waals surface area contributed by atoms with E-state index in [4.69, 9.17) is 0 Å². The van der Waals surface area contributed by atoms with Gasteiger partial charge in [-0.2, -0.15) is 0 Å². The van der Waals surface area contributed by atoms with Crippen LogP contribution in [0.1, 0.15) is 33.3 Å². The number of hydrogen-bond donors (Lipinski definition) is 0. The van der Waals surface area contributed by atoms with E-state index in [1.54, 1.807) is 6.08 Å². The molecule has 0 amide bonds. The molecule has 0 aliphatic carbocycles. The predicted molar refractivity (Wildman–Crippen MR) is 103 cm³/mol. The maximum atomic E-state index is 3.84. The van der Waals surface area contributed by atoms with Crippen LogP contribution in [0.15, 0.2) is 86.0 Å². The zero-order valence-electron chi connectivity index (χ0n) is 14.3. The summed E-state index contributed by atoms with van der Waals surface area (Å²) in [5, 5.41) is 0. The van der Waals surface area contributed by atoms with Gasteiger partial charge in [-0.05, 0) is 28.3 Å². The van der Waals surface area contributed by atoms with E-state index in [1.165, 1.54) is 11.1 Å². The summed E-state index contributed by atoms with van der Waals surface area (Å²) >= 11 is 0. The van der Waals surface area contributed by atoms with Crippen LogP contribution in [0, 0.1) is 0 Å². The second-order valence-corrected chi connectivity index (χ2v) is 4.01. The summed E-state index contributed by atoms with van der Waals surface area (Å²) in [5.74, 6) is 0. The Morgan fingerprint density at radius 1 is 0.773 bits per heavy atom. The lowest BCUT2D eigenvalue weighted by atomic mass is 9.99. The highest BCUT2D eigenvalue weighted by atomic mass is 14.0. The fourth-order valence-corrected chi connectivity index (χ4v) is 1.92. The van der Waals surface area contributed by atoms with Crippen LogP contribution >= 0.6 is 0 Å². The van der Waals surface area contributed by atoms with Crippen LogP contribution in [-0.4, -0.2) is 0 Å².